The van der Waals surface area contributed by atoms with Crippen molar-refractivity contribution in [3.05, 3.63) is 64.8 Å². The van der Waals surface area contributed by atoms with E-state index in [1.807, 2.05) is 0 Å². The summed E-state index contributed by atoms with van der Waals surface area (Å²) in [6.45, 7) is 0. The Morgan fingerprint density at radius 1 is 1.08 bits per heavy atom. The lowest BCUT2D eigenvalue weighted by Crippen LogP contribution is -2.22. The molecule has 1 atom stereocenters. The van der Waals surface area contributed by atoms with E-state index in [2.05, 4.69) is 4.98 Å². The second kappa shape index (κ2) is 5.46. The van der Waals surface area contributed by atoms with Gasteiger partial charge >= 0.3 is 0 Å². The van der Waals surface area contributed by atoms with Gasteiger partial charge in [-0.05, 0) is 36.8 Å². The average molecular weight is 360 g/mol. The van der Waals surface area contributed by atoms with E-state index in [1.54, 1.807) is 48.5 Å². The van der Waals surface area contributed by atoms with Crippen LogP contribution in [0, 0.1) is 0 Å². The number of hydrogen-bond donors (Lipinski definition) is 1. The summed E-state index contributed by atoms with van der Waals surface area (Å²) in [7, 11) is -3.57. The molecule has 1 aliphatic rings. The van der Waals surface area contributed by atoms with Gasteiger partial charge in [-0.1, -0.05) is 29.8 Å². The fourth-order valence-electron chi connectivity index (χ4n) is 3.34. The third-order valence-corrected chi connectivity index (χ3v) is 6.86. The van der Waals surface area contributed by atoms with Gasteiger partial charge in [0.25, 0.3) is 0 Å². The fraction of sp³-hybridized carbons (Fsp3) is 0.167. The highest BCUT2D eigenvalue weighted by molar-refractivity contribution is 7.91. The van der Waals surface area contributed by atoms with Crippen LogP contribution >= 0.6 is 11.6 Å². The van der Waals surface area contributed by atoms with Crippen molar-refractivity contribution >= 4 is 38.1 Å². The Labute approximate surface area is 144 Å². The molecule has 122 valence electrons. The third-order valence-electron chi connectivity index (χ3n) is 4.47. The molecule has 1 aliphatic carbocycles. The molecule has 0 bridgehead atoms. The van der Waals surface area contributed by atoms with Crippen LogP contribution in [-0.4, -0.2) is 19.2 Å². The highest BCUT2D eigenvalue weighted by Crippen LogP contribution is 2.41. The molecule has 0 saturated heterocycles. The second-order valence-corrected chi connectivity index (χ2v) is 8.48. The number of aromatic amines is 1. The van der Waals surface area contributed by atoms with Crippen molar-refractivity contribution in [3.8, 4) is 0 Å². The summed E-state index contributed by atoms with van der Waals surface area (Å²) < 4.78 is 26.1. The van der Waals surface area contributed by atoms with E-state index < -0.39 is 15.1 Å². The lowest BCUT2D eigenvalue weighted by Gasteiger charge is -2.22. The number of carbonyl (C=O) groups is 1. The highest BCUT2D eigenvalue weighted by atomic mass is 35.5. The first-order valence-corrected chi connectivity index (χ1v) is 9.54. The number of aromatic nitrogens is 1. The largest absolute Gasteiger partial charge is 0.357 e. The number of fused-ring (bicyclic) bond motifs is 3. The van der Waals surface area contributed by atoms with E-state index in [-0.39, 0.29) is 23.5 Å². The predicted octanol–water partition coefficient (Wildman–Crippen LogP) is 4.31. The minimum absolute atomic E-state index is 0.0435. The van der Waals surface area contributed by atoms with Crippen molar-refractivity contribution in [2.75, 3.05) is 0 Å². The van der Waals surface area contributed by atoms with Crippen LogP contribution in [0.1, 0.15) is 34.1 Å². The number of carbonyl (C=O) groups excluding carboxylic acids is 1. The summed E-state index contributed by atoms with van der Waals surface area (Å²) in [5, 5.41) is 0.458. The molecule has 6 heteroatoms. The standard InChI is InChI=1S/C18H14ClNO3S/c19-11-6-7-14-13(10-11)17-15(21)8-9-16(18(17)20-14)24(22,23)12-4-2-1-3-5-12/h1-7,10,16,20H,8-9H2. The van der Waals surface area contributed by atoms with Gasteiger partial charge in [0, 0.05) is 33.6 Å². The van der Waals surface area contributed by atoms with Gasteiger partial charge in [-0.25, -0.2) is 8.42 Å². The van der Waals surface area contributed by atoms with Gasteiger partial charge in [0.2, 0.25) is 0 Å². The molecule has 24 heavy (non-hydrogen) atoms. The molecule has 0 aliphatic heterocycles. The van der Waals surface area contributed by atoms with E-state index >= 15 is 0 Å². The van der Waals surface area contributed by atoms with E-state index in [9.17, 15) is 13.2 Å². The van der Waals surface area contributed by atoms with Crippen LogP contribution in [0.5, 0.6) is 0 Å². The van der Waals surface area contributed by atoms with Crippen molar-refractivity contribution in [1.82, 2.24) is 4.98 Å². The lowest BCUT2D eigenvalue weighted by atomic mass is 9.94. The molecule has 1 N–H and O–H groups in total. The Kier molecular flexibility index (Phi) is 3.51. The van der Waals surface area contributed by atoms with Gasteiger partial charge in [0.1, 0.15) is 5.25 Å². The maximum atomic E-state index is 13.0. The van der Waals surface area contributed by atoms with Crippen molar-refractivity contribution in [1.29, 1.82) is 0 Å². The minimum Gasteiger partial charge on any atom is -0.357 e. The first-order chi connectivity index (χ1) is 11.5. The van der Waals surface area contributed by atoms with Gasteiger partial charge in [0.05, 0.1) is 4.90 Å². The summed E-state index contributed by atoms with van der Waals surface area (Å²) >= 11 is 6.04. The number of sulfone groups is 1. The molecule has 1 heterocycles. The van der Waals surface area contributed by atoms with Gasteiger partial charge in [-0.3, -0.25) is 4.79 Å². The first-order valence-electron chi connectivity index (χ1n) is 7.62. The van der Waals surface area contributed by atoms with E-state index in [0.29, 0.717) is 21.7 Å². The molecule has 0 fully saturated rings. The van der Waals surface area contributed by atoms with Crippen LogP contribution in [0.4, 0.5) is 0 Å². The molecule has 0 radical (unpaired) electrons. The van der Waals surface area contributed by atoms with Crippen molar-refractivity contribution in [2.24, 2.45) is 0 Å². The summed E-state index contributed by atoms with van der Waals surface area (Å²) in [5.74, 6) is -0.0435. The number of benzene rings is 2. The Morgan fingerprint density at radius 3 is 2.58 bits per heavy atom. The van der Waals surface area contributed by atoms with Gasteiger partial charge in [-0.15, -0.1) is 0 Å². The second-order valence-electron chi connectivity index (χ2n) is 5.91. The van der Waals surface area contributed by atoms with Crippen LogP contribution in [0.2, 0.25) is 5.02 Å². The van der Waals surface area contributed by atoms with Crippen LogP contribution in [0.25, 0.3) is 10.9 Å². The van der Waals surface area contributed by atoms with Gasteiger partial charge in [0.15, 0.2) is 15.6 Å². The number of nitrogens with one attached hydrogen (secondary N) is 1. The van der Waals surface area contributed by atoms with Crippen LogP contribution in [0.3, 0.4) is 0 Å². The number of ketones is 1. The molecule has 0 saturated carbocycles. The van der Waals surface area contributed by atoms with Gasteiger partial charge < -0.3 is 4.98 Å². The average Bonchev–Trinajstić information content (AvgIpc) is 2.95. The molecule has 1 unspecified atom stereocenters. The van der Waals surface area contributed by atoms with Crippen LogP contribution in [-0.2, 0) is 9.84 Å². The highest BCUT2D eigenvalue weighted by Gasteiger charge is 2.38. The van der Waals surface area contributed by atoms with E-state index in [0.717, 1.165) is 5.52 Å². The molecule has 2 aromatic carbocycles. The normalized spacial score (nSPS) is 17.9. The topological polar surface area (TPSA) is 67.0 Å². The lowest BCUT2D eigenvalue weighted by molar-refractivity contribution is 0.0973. The van der Waals surface area contributed by atoms with Crippen LogP contribution in [0.15, 0.2) is 53.4 Å². The zero-order valence-electron chi connectivity index (χ0n) is 12.6. The molecule has 4 nitrogen and oxygen atoms in total. The molecule has 1 aromatic heterocycles. The Hall–Kier alpha value is -2.11. The fourth-order valence-corrected chi connectivity index (χ4v) is 5.30. The summed E-state index contributed by atoms with van der Waals surface area (Å²) in [5.41, 5.74) is 1.67. The zero-order valence-corrected chi connectivity index (χ0v) is 14.2. The summed E-state index contributed by atoms with van der Waals surface area (Å²) in [6, 6.07) is 13.6. The monoisotopic (exact) mass is 359 g/mol. The number of halogens is 1. The number of rotatable bonds is 2. The van der Waals surface area contributed by atoms with Crippen molar-refractivity contribution in [3.63, 3.8) is 0 Å². The number of Topliss-reactive ketones (excluding diaryl/α,β-unsaturated/α-hetero) is 1. The molecule has 0 spiro atoms. The molecule has 4 rings (SSSR count). The van der Waals surface area contributed by atoms with E-state index in [4.69, 9.17) is 11.6 Å². The van der Waals surface area contributed by atoms with Gasteiger partial charge in [-0.2, -0.15) is 0 Å². The Balaban J connectivity index is 1.95. The third kappa shape index (κ3) is 2.27. The minimum atomic E-state index is -3.57. The SMILES string of the molecule is O=C1CCC(S(=O)(=O)c2ccccc2)c2[nH]c3ccc(Cl)cc3c21. The molecular formula is C18H14ClNO3S. The maximum absolute atomic E-state index is 13.0. The predicted molar refractivity (Wildman–Crippen MR) is 93.2 cm³/mol. The smallest absolute Gasteiger partial charge is 0.186 e. The zero-order chi connectivity index (χ0) is 16.9. The molecular weight excluding hydrogens is 346 g/mol. The molecule has 0 amide bonds. The van der Waals surface area contributed by atoms with Crippen LogP contribution < -0.4 is 0 Å². The first kappa shape index (κ1) is 15.4. The van der Waals surface area contributed by atoms with Crippen molar-refractivity contribution < 1.29 is 13.2 Å². The number of hydrogen-bond acceptors (Lipinski definition) is 3. The Bertz CT molecular complexity index is 1050. The van der Waals surface area contributed by atoms with Crippen molar-refractivity contribution in [2.45, 2.75) is 23.0 Å². The van der Waals surface area contributed by atoms with E-state index in [1.165, 1.54) is 0 Å². The summed E-state index contributed by atoms with van der Waals surface area (Å²) in [4.78, 5) is 15.8. The molecule has 3 aromatic rings. The Morgan fingerprint density at radius 2 is 1.83 bits per heavy atom. The number of H-pyrrole nitrogens is 1. The quantitative estimate of drug-likeness (QED) is 0.741. The summed E-state index contributed by atoms with van der Waals surface area (Å²) in [6.07, 6.45) is 0.493. The maximum Gasteiger partial charge on any atom is 0.186 e.